The van der Waals surface area contributed by atoms with Crippen LogP contribution in [-0.4, -0.2) is 40.9 Å². The third kappa shape index (κ3) is 5.15. The molecule has 1 fully saturated rings. The van der Waals surface area contributed by atoms with Crippen molar-refractivity contribution in [3.05, 3.63) is 108 Å². The SMILES string of the molecule is C[C@H]1[C@@H](c2ccccc2)N(C(=O)[C@@H](CCc2ccccc2)NCc2ccccc2)C(=O)N1C. The molecule has 0 radical (unpaired) electrons. The van der Waals surface area contributed by atoms with E-state index < -0.39 is 6.04 Å². The number of likely N-dealkylation sites (N-methyl/N-ethyl adjacent to an activating group) is 1. The molecule has 0 bridgehead atoms. The highest BCUT2D eigenvalue weighted by Crippen LogP contribution is 2.35. The molecule has 170 valence electrons. The van der Waals surface area contributed by atoms with Gasteiger partial charge < -0.3 is 10.2 Å². The molecule has 1 aliphatic rings. The van der Waals surface area contributed by atoms with E-state index in [0.29, 0.717) is 13.0 Å². The molecule has 0 unspecified atom stereocenters. The molecular weight excluding hydrogens is 410 g/mol. The first-order valence-electron chi connectivity index (χ1n) is 11.5. The average Bonchev–Trinajstić information content (AvgIpc) is 3.09. The summed E-state index contributed by atoms with van der Waals surface area (Å²) in [6, 6.07) is 28.9. The highest BCUT2D eigenvalue weighted by Gasteiger charge is 2.47. The zero-order valence-electron chi connectivity index (χ0n) is 19.2. The molecule has 5 heteroatoms. The molecule has 1 saturated heterocycles. The molecule has 3 aromatic rings. The molecule has 5 nitrogen and oxygen atoms in total. The van der Waals surface area contributed by atoms with Crippen molar-refractivity contribution in [1.82, 2.24) is 15.1 Å². The zero-order valence-corrected chi connectivity index (χ0v) is 19.2. The lowest BCUT2D eigenvalue weighted by Crippen LogP contribution is -2.48. The molecule has 4 rings (SSSR count). The van der Waals surface area contributed by atoms with Gasteiger partial charge in [0.15, 0.2) is 0 Å². The van der Waals surface area contributed by atoms with E-state index >= 15 is 0 Å². The predicted molar refractivity (Wildman–Crippen MR) is 130 cm³/mol. The van der Waals surface area contributed by atoms with Crippen molar-refractivity contribution in [2.75, 3.05) is 7.05 Å². The molecule has 1 aliphatic heterocycles. The van der Waals surface area contributed by atoms with E-state index in [0.717, 1.165) is 17.5 Å². The van der Waals surface area contributed by atoms with Crippen LogP contribution in [0.3, 0.4) is 0 Å². The molecular formula is C28H31N3O2. The van der Waals surface area contributed by atoms with Gasteiger partial charge >= 0.3 is 6.03 Å². The maximum Gasteiger partial charge on any atom is 0.327 e. The minimum absolute atomic E-state index is 0.104. The van der Waals surface area contributed by atoms with Crippen molar-refractivity contribution in [3.63, 3.8) is 0 Å². The van der Waals surface area contributed by atoms with Crippen LogP contribution in [-0.2, 0) is 17.8 Å². The molecule has 3 aromatic carbocycles. The summed E-state index contributed by atoms with van der Waals surface area (Å²) < 4.78 is 0. The maximum atomic E-state index is 13.9. The first-order valence-corrected chi connectivity index (χ1v) is 11.5. The van der Waals surface area contributed by atoms with Crippen molar-refractivity contribution in [2.24, 2.45) is 0 Å². The van der Waals surface area contributed by atoms with E-state index in [1.54, 1.807) is 11.9 Å². The summed E-state index contributed by atoms with van der Waals surface area (Å²) in [4.78, 5) is 30.2. The van der Waals surface area contributed by atoms with Crippen LogP contribution in [0.4, 0.5) is 4.79 Å². The molecule has 0 saturated carbocycles. The summed E-state index contributed by atoms with van der Waals surface area (Å²) in [5.41, 5.74) is 3.25. The van der Waals surface area contributed by atoms with Gasteiger partial charge in [-0.2, -0.15) is 0 Å². The van der Waals surface area contributed by atoms with Crippen LogP contribution in [0.15, 0.2) is 91.0 Å². The number of carbonyl (C=O) groups excluding carboxylic acids is 2. The number of nitrogens with zero attached hydrogens (tertiary/aromatic N) is 2. The number of aryl methyl sites for hydroxylation is 1. The van der Waals surface area contributed by atoms with Crippen LogP contribution >= 0.6 is 0 Å². The first-order chi connectivity index (χ1) is 16.1. The Labute approximate surface area is 196 Å². The van der Waals surface area contributed by atoms with E-state index in [9.17, 15) is 9.59 Å². The van der Waals surface area contributed by atoms with E-state index in [1.165, 1.54) is 10.5 Å². The van der Waals surface area contributed by atoms with Crippen molar-refractivity contribution in [1.29, 1.82) is 0 Å². The van der Waals surface area contributed by atoms with Crippen LogP contribution < -0.4 is 5.32 Å². The lowest BCUT2D eigenvalue weighted by molar-refractivity contribution is -0.131. The molecule has 3 amide bonds. The molecule has 33 heavy (non-hydrogen) atoms. The second-order valence-corrected chi connectivity index (χ2v) is 8.64. The highest BCUT2D eigenvalue weighted by molar-refractivity contribution is 5.99. The Bertz CT molecular complexity index is 1010. The van der Waals surface area contributed by atoms with Crippen molar-refractivity contribution in [3.8, 4) is 0 Å². The zero-order chi connectivity index (χ0) is 23.2. The van der Waals surface area contributed by atoms with E-state index in [-0.39, 0.29) is 24.0 Å². The van der Waals surface area contributed by atoms with Gasteiger partial charge in [-0.1, -0.05) is 91.0 Å². The quantitative estimate of drug-likeness (QED) is 0.546. The maximum absolute atomic E-state index is 13.9. The van der Waals surface area contributed by atoms with Crippen molar-refractivity contribution < 1.29 is 9.59 Å². The fourth-order valence-electron chi connectivity index (χ4n) is 4.47. The highest BCUT2D eigenvalue weighted by atomic mass is 16.2. The summed E-state index contributed by atoms with van der Waals surface area (Å²) in [5.74, 6) is -0.170. The van der Waals surface area contributed by atoms with E-state index in [2.05, 4.69) is 17.4 Å². The number of hydrogen-bond acceptors (Lipinski definition) is 3. The lowest BCUT2D eigenvalue weighted by atomic mass is 9.98. The lowest BCUT2D eigenvalue weighted by Gasteiger charge is -2.28. The van der Waals surface area contributed by atoms with Gasteiger partial charge in [-0.25, -0.2) is 4.79 Å². The predicted octanol–water partition coefficient (Wildman–Crippen LogP) is 4.80. The van der Waals surface area contributed by atoms with Crippen LogP contribution in [0.2, 0.25) is 0 Å². The summed E-state index contributed by atoms with van der Waals surface area (Å²) in [5, 5.41) is 3.44. The van der Waals surface area contributed by atoms with Crippen LogP contribution in [0.1, 0.15) is 36.1 Å². The van der Waals surface area contributed by atoms with E-state index in [1.807, 2.05) is 85.8 Å². The third-order valence-electron chi connectivity index (χ3n) is 6.49. The fourth-order valence-corrected chi connectivity index (χ4v) is 4.47. The standard InChI is InChI=1S/C28H31N3O2/c1-21-26(24-16-10-5-11-17-24)31(28(33)30(21)2)27(32)25(19-18-22-12-6-3-7-13-22)29-20-23-14-8-4-9-15-23/h3-17,21,25-26,29H,18-20H2,1-2H3/t21-,25+,26-/m0/s1. The Morgan fingerprint density at radius 3 is 2.03 bits per heavy atom. The smallest absolute Gasteiger partial charge is 0.322 e. The Kier molecular flexibility index (Phi) is 7.20. The second kappa shape index (κ2) is 10.5. The Morgan fingerprint density at radius 1 is 0.879 bits per heavy atom. The molecule has 3 atom stereocenters. The minimum atomic E-state index is -0.473. The van der Waals surface area contributed by atoms with Crippen LogP contribution in [0.25, 0.3) is 0 Å². The van der Waals surface area contributed by atoms with Gasteiger partial charge in [0, 0.05) is 13.6 Å². The number of hydrogen-bond donors (Lipinski definition) is 1. The summed E-state index contributed by atoms with van der Waals surface area (Å²) in [7, 11) is 1.77. The monoisotopic (exact) mass is 441 g/mol. The van der Waals surface area contributed by atoms with Crippen molar-refractivity contribution >= 4 is 11.9 Å². The Balaban J connectivity index is 1.59. The fraction of sp³-hybridized carbons (Fsp3) is 0.286. The average molecular weight is 442 g/mol. The number of carbonyl (C=O) groups is 2. The van der Waals surface area contributed by atoms with Gasteiger partial charge in [0.2, 0.25) is 5.91 Å². The number of nitrogens with one attached hydrogen (secondary N) is 1. The van der Waals surface area contributed by atoms with Gasteiger partial charge in [0.25, 0.3) is 0 Å². The topological polar surface area (TPSA) is 52.7 Å². The third-order valence-corrected chi connectivity index (χ3v) is 6.49. The normalized spacial score (nSPS) is 19.0. The molecule has 1 N–H and O–H groups in total. The molecule has 0 spiro atoms. The van der Waals surface area contributed by atoms with Gasteiger partial charge in [-0.05, 0) is 36.5 Å². The summed E-state index contributed by atoms with van der Waals surface area (Å²) >= 11 is 0. The molecule has 0 aromatic heterocycles. The number of amides is 3. The number of benzene rings is 3. The Morgan fingerprint density at radius 2 is 1.42 bits per heavy atom. The summed E-state index contributed by atoms with van der Waals surface area (Å²) in [6.45, 7) is 2.56. The van der Waals surface area contributed by atoms with Crippen LogP contribution in [0, 0.1) is 0 Å². The van der Waals surface area contributed by atoms with Gasteiger partial charge in [0.05, 0.1) is 18.1 Å². The number of urea groups is 1. The molecule has 0 aliphatic carbocycles. The molecule has 1 heterocycles. The van der Waals surface area contributed by atoms with Crippen LogP contribution in [0.5, 0.6) is 0 Å². The minimum Gasteiger partial charge on any atom is -0.322 e. The number of imide groups is 1. The largest absolute Gasteiger partial charge is 0.327 e. The van der Waals surface area contributed by atoms with Gasteiger partial charge in [-0.15, -0.1) is 0 Å². The number of rotatable bonds is 8. The van der Waals surface area contributed by atoms with Gasteiger partial charge in [-0.3, -0.25) is 9.69 Å². The van der Waals surface area contributed by atoms with E-state index in [4.69, 9.17) is 0 Å². The first kappa shape index (κ1) is 22.7. The van der Waals surface area contributed by atoms with Crippen molar-refractivity contribution in [2.45, 2.75) is 44.4 Å². The Hall–Kier alpha value is -3.44. The summed E-state index contributed by atoms with van der Waals surface area (Å²) in [6.07, 6.45) is 1.36. The van der Waals surface area contributed by atoms with Gasteiger partial charge in [0.1, 0.15) is 0 Å². The second-order valence-electron chi connectivity index (χ2n) is 8.64.